The molecular weight excluding hydrogens is 316 g/mol. The first kappa shape index (κ1) is 15.6. The lowest BCUT2D eigenvalue weighted by Crippen LogP contribution is -2.35. The number of nitrogens with zero attached hydrogens (tertiary/aromatic N) is 2. The molecular formula is C12H15BrN2O4. The maximum atomic E-state index is 12.2. The summed E-state index contributed by atoms with van der Waals surface area (Å²) in [6.45, 7) is 1.39. The molecule has 0 saturated heterocycles. The number of amides is 1. The molecule has 0 atom stereocenters. The zero-order valence-corrected chi connectivity index (χ0v) is 12.1. The predicted octanol–water partition coefficient (Wildman–Crippen LogP) is 2.08. The molecule has 0 fully saturated rings. The molecule has 0 unspecified atom stereocenters. The first-order valence-corrected chi connectivity index (χ1v) is 6.81. The van der Waals surface area contributed by atoms with E-state index in [4.69, 9.17) is 4.74 Å². The molecule has 104 valence electrons. The largest absolute Gasteiger partial charge is 0.383 e. The Morgan fingerprint density at radius 3 is 2.79 bits per heavy atom. The van der Waals surface area contributed by atoms with Gasteiger partial charge in [0, 0.05) is 43.2 Å². The van der Waals surface area contributed by atoms with Gasteiger partial charge in [-0.1, -0.05) is 22.0 Å². The van der Waals surface area contributed by atoms with Crippen molar-refractivity contribution in [2.24, 2.45) is 0 Å². The Balaban J connectivity index is 2.88. The molecule has 1 aromatic carbocycles. The topological polar surface area (TPSA) is 72.7 Å². The first-order chi connectivity index (χ1) is 9.10. The van der Waals surface area contributed by atoms with E-state index >= 15 is 0 Å². The predicted molar refractivity (Wildman–Crippen MR) is 74.7 cm³/mol. The number of halogens is 1. The summed E-state index contributed by atoms with van der Waals surface area (Å²) < 4.78 is 4.95. The van der Waals surface area contributed by atoms with Crippen molar-refractivity contribution in [3.63, 3.8) is 0 Å². The Bertz CT molecular complexity index is 453. The number of alkyl halides is 1. The monoisotopic (exact) mass is 330 g/mol. The Morgan fingerprint density at radius 2 is 2.21 bits per heavy atom. The standard InChI is InChI=1S/C12H15BrN2O4/c1-19-8-7-14(6-5-13)12(16)10-3-2-4-11(9-10)15(17)18/h2-4,9H,5-8H2,1H3. The molecule has 1 amide bonds. The van der Waals surface area contributed by atoms with Crippen LogP contribution in [0.3, 0.4) is 0 Å². The highest BCUT2D eigenvalue weighted by molar-refractivity contribution is 9.09. The quantitative estimate of drug-likeness (QED) is 0.436. The summed E-state index contributed by atoms with van der Waals surface area (Å²) >= 11 is 3.28. The Hall–Kier alpha value is -1.47. The SMILES string of the molecule is COCCN(CCBr)C(=O)c1cccc([N+](=O)[O-])c1. The number of carbonyl (C=O) groups is 1. The molecule has 6 nitrogen and oxygen atoms in total. The molecule has 0 heterocycles. The van der Waals surface area contributed by atoms with E-state index in [1.165, 1.54) is 18.2 Å². The van der Waals surface area contributed by atoms with E-state index < -0.39 is 4.92 Å². The third-order valence-corrected chi connectivity index (χ3v) is 2.87. The van der Waals surface area contributed by atoms with Gasteiger partial charge < -0.3 is 9.64 Å². The molecule has 19 heavy (non-hydrogen) atoms. The number of non-ortho nitro benzene ring substituents is 1. The third-order valence-electron chi connectivity index (χ3n) is 2.51. The van der Waals surface area contributed by atoms with Gasteiger partial charge in [0.25, 0.3) is 11.6 Å². The Kier molecular flexibility index (Phi) is 6.44. The van der Waals surface area contributed by atoms with Crippen LogP contribution in [-0.2, 0) is 4.74 Å². The van der Waals surface area contributed by atoms with E-state index in [0.717, 1.165) is 0 Å². The van der Waals surface area contributed by atoms with E-state index in [1.807, 2.05) is 0 Å². The summed E-state index contributed by atoms with van der Waals surface area (Å²) in [6.07, 6.45) is 0. The highest BCUT2D eigenvalue weighted by atomic mass is 79.9. The highest BCUT2D eigenvalue weighted by Crippen LogP contribution is 2.15. The van der Waals surface area contributed by atoms with Crippen molar-refractivity contribution in [3.05, 3.63) is 39.9 Å². The molecule has 0 aliphatic rings. The molecule has 0 radical (unpaired) electrons. The summed E-state index contributed by atoms with van der Waals surface area (Å²) in [4.78, 5) is 24.0. The van der Waals surface area contributed by atoms with Crippen LogP contribution in [0.5, 0.6) is 0 Å². The number of methoxy groups -OCH3 is 1. The summed E-state index contributed by atoms with van der Waals surface area (Å²) in [6, 6.07) is 5.73. The molecule has 1 aromatic rings. The van der Waals surface area contributed by atoms with Crippen LogP contribution in [0.1, 0.15) is 10.4 Å². The molecule has 0 aliphatic heterocycles. The number of hydrogen-bond donors (Lipinski definition) is 0. The van der Waals surface area contributed by atoms with E-state index in [2.05, 4.69) is 15.9 Å². The van der Waals surface area contributed by atoms with Gasteiger partial charge in [-0.15, -0.1) is 0 Å². The molecule has 0 bridgehead atoms. The normalized spacial score (nSPS) is 10.2. The highest BCUT2D eigenvalue weighted by Gasteiger charge is 2.17. The van der Waals surface area contributed by atoms with Gasteiger partial charge in [0.15, 0.2) is 0 Å². The van der Waals surface area contributed by atoms with Crippen LogP contribution in [0.15, 0.2) is 24.3 Å². The number of benzene rings is 1. The fourth-order valence-electron chi connectivity index (χ4n) is 1.55. The maximum Gasteiger partial charge on any atom is 0.270 e. The van der Waals surface area contributed by atoms with Crippen molar-refractivity contribution in [3.8, 4) is 0 Å². The van der Waals surface area contributed by atoms with Crippen LogP contribution in [0.2, 0.25) is 0 Å². The molecule has 0 aliphatic carbocycles. The second-order valence-electron chi connectivity index (χ2n) is 3.78. The van der Waals surface area contributed by atoms with Crippen LogP contribution in [0, 0.1) is 10.1 Å². The molecule has 0 aromatic heterocycles. The van der Waals surface area contributed by atoms with Crippen molar-refractivity contribution in [2.75, 3.05) is 32.1 Å². The summed E-state index contributed by atoms with van der Waals surface area (Å²) in [7, 11) is 1.56. The average Bonchev–Trinajstić information content (AvgIpc) is 2.42. The van der Waals surface area contributed by atoms with Gasteiger partial charge in [0.1, 0.15) is 0 Å². The lowest BCUT2D eigenvalue weighted by molar-refractivity contribution is -0.384. The van der Waals surface area contributed by atoms with Gasteiger partial charge in [0.2, 0.25) is 0 Å². The average molecular weight is 331 g/mol. The Morgan fingerprint density at radius 1 is 1.47 bits per heavy atom. The molecule has 1 rings (SSSR count). The van der Waals surface area contributed by atoms with E-state index in [9.17, 15) is 14.9 Å². The molecule has 7 heteroatoms. The number of hydrogen-bond acceptors (Lipinski definition) is 4. The lowest BCUT2D eigenvalue weighted by Gasteiger charge is -2.21. The van der Waals surface area contributed by atoms with Crippen molar-refractivity contribution in [2.45, 2.75) is 0 Å². The third kappa shape index (κ3) is 4.60. The molecule has 0 saturated carbocycles. The second kappa shape index (κ2) is 7.85. The van der Waals surface area contributed by atoms with Gasteiger partial charge in [-0.2, -0.15) is 0 Å². The zero-order valence-electron chi connectivity index (χ0n) is 10.5. The summed E-state index contributed by atoms with van der Waals surface area (Å²) in [5.41, 5.74) is 0.225. The maximum absolute atomic E-state index is 12.2. The molecule has 0 N–H and O–H groups in total. The fraction of sp³-hybridized carbons (Fsp3) is 0.417. The Labute approximate surface area is 119 Å². The van der Waals surface area contributed by atoms with E-state index in [0.29, 0.717) is 30.6 Å². The van der Waals surface area contributed by atoms with Crippen LogP contribution < -0.4 is 0 Å². The first-order valence-electron chi connectivity index (χ1n) is 5.68. The minimum absolute atomic E-state index is 0.0867. The van der Waals surface area contributed by atoms with Crippen LogP contribution >= 0.6 is 15.9 Å². The van der Waals surface area contributed by atoms with Crippen molar-refractivity contribution in [1.29, 1.82) is 0 Å². The minimum Gasteiger partial charge on any atom is -0.383 e. The van der Waals surface area contributed by atoms with Crippen molar-refractivity contribution >= 4 is 27.5 Å². The van der Waals surface area contributed by atoms with E-state index in [-0.39, 0.29) is 11.6 Å². The van der Waals surface area contributed by atoms with Gasteiger partial charge in [-0.25, -0.2) is 0 Å². The van der Waals surface area contributed by atoms with Crippen LogP contribution in [0.25, 0.3) is 0 Å². The van der Waals surface area contributed by atoms with Crippen LogP contribution in [-0.4, -0.2) is 47.9 Å². The summed E-state index contributed by atoms with van der Waals surface area (Å²) in [5.74, 6) is -0.236. The van der Waals surface area contributed by atoms with Crippen molar-refractivity contribution < 1.29 is 14.5 Å². The minimum atomic E-state index is -0.513. The second-order valence-corrected chi connectivity index (χ2v) is 4.57. The smallest absolute Gasteiger partial charge is 0.270 e. The number of nitro groups is 1. The van der Waals surface area contributed by atoms with Gasteiger partial charge >= 0.3 is 0 Å². The number of nitro benzene ring substituents is 1. The number of ether oxygens (including phenoxy) is 1. The number of rotatable bonds is 7. The summed E-state index contributed by atoms with van der Waals surface area (Å²) in [5, 5.41) is 11.3. The molecule has 0 spiro atoms. The van der Waals surface area contributed by atoms with Gasteiger partial charge in [-0.05, 0) is 6.07 Å². The number of carbonyl (C=O) groups excluding carboxylic acids is 1. The van der Waals surface area contributed by atoms with Crippen molar-refractivity contribution in [1.82, 2.24) is 4.90 Å². The zero-order chi connectivity index (χ0) is 14.3. The van der Waals surface area contributed by atoms with Crippen LogP contribution in [0.4, 0.5) is 5.69 Å². The van der Waals surface area contributed by atoms with Gasteiger partial charge in [-0.3, -0.25) is 14.9 Å². The van der Waals surface area contributed by atoms with Gasteiger partial charge in [0.05, 0.1) is 11.5 Å². The fourth-order valence-corrected chi connectivity index (χ4v) is 1.98. The lowest BCUT2D eigenvalue weighted by atomic mass is 10.1. The van der Waals surface area contributed by atoms with E-state index in [1.54, 1.807) is 18.1 Å².